The van der Waals surface area contributed by atoms with Crippen molar-refractivity contribution in [2.24, 2.45) is 5.73 Å². The number of nitrogens with two attached hydrogens (primary N) is 1. The van der Waals surface area contributed by atoms with Crippen LogP contribution in [0.2, 0.25) is 0 Å². The van der Waals surface area contributed by atoms with Crippen LogP contribution in [-0.2, 0) is 17.2 Å². The van der Waals surface area contributed by atoms with E-state index in [1.807, 2.05) is 0 Å². The molecule has 0 amide bonds. The van der Waals surface area contributed by atoms with Crippen LogP contribution in [0.4, 0.5) is 0 Å². The van der Waals surface area contributed by atoms with Gasteiger partial charge in [-0.2, -0.15) is 0 Å². The molecular formula is C7H14N2V. The van der Waals surface area contributed by atoms with Gasteiger partial charge in [0.2, 0.25) is 0 Å². The van der Waals surface area contributed by atoms with Gasteiger partial charge in [0.25, 0.3) is 0 Å². The van der Waals surface area contributed by atoms with Gasteiger partial charge in [-0.1, -0.05) is 6.42 Å². The molecule has 10 heavy (non-hydrogen) atoms. The molecule has 0 aliphatic rings. The van der Waals surface area contributed by atoms with E-state index in [1.165, 1.54) is 6.42 Å². The van der Waals surface area contributed by atoms with E-state index in [9.17, 15) is 0 Å². The topological polar surface area (TPSA) is 49.9 Å². The Balaban J connectivity index is 0. The summed E-state index contributed by atoms with van der Waals surface area (Å²) in [7, 11) is 0. The van der Waals surface area contributed by atoms with Gasteiger partial charge in [0.05, 0.1) is 0 Å². The molecule has 0 aliphatic carbocycles. The maximum atomic E-state index is 5.69. The third-order valence-corrected chi connectivity index (χ3v) is 1.03. The predicted octanol–water partition coefficient (Wildman–Crippen LogP) is 1.43. The van der Waals surface area contributed by atoms with Gasteiger partial charge in [-0.3, -0.25) is 0 Å². The van der Waals surface area contributed by atoms with E-state index in [0.29, 0.717) is 0 Å². The van der Waals surface area contributed by atoms with Gasteiger partial charge in [0.15, 0.2) is 0 Å². The van der Waals surface area contributed by atoms with Crippen LogP contribution in [0.1, 0.15) is 25.7 Å². The summed E-state index contributed by atoms with van der Waals surface area (Å²) >= 11 is 1.56. The fourth-order valence-electron chi connectivity index (χ4n) is 0.548. The zero-order valence-corrected chi connectivity index (χ0v) is 7.53. The van der Waals surface area contributed by atoms with Crippen molar-refractivity contribution in [2.75, 3.05) is 6.54 Å². The number of rotatable bonds is 4. The van der Waals surface area contributed by atoms with Crippen molar-refractivity contribution in [2.45, 2.75) is 25.7 Å². The Kier molecular flexibility index (Phi) is 20.1. The Labute approximate surface area is 72.1 Å². The third kappa shape index (κ3) is 15.7. The Morgan fingerprint density at radius 2 is 1.90 bits per heavy atom. The third-order valence-electron chi connectivity index (χ3n) is 1.03. The SMILES string of the molecule is C#CCCCCCN.[NH]=[V]. The number of hydrogen-bond donors (Lipinski definition) is 2. The zero-order chi connectivity index (χ0) is 8.24. The van der Waals surface area contributed by atoms with Crippen LogP contribution < -0.4 is 5.73 Å². The van der Waals surface area contributed by atoms with E-state index in [4.69, 9.17) is 16.4 Å². The molecule has 0 spiro atoms. The molecular weight excluding hydrogens is 163 g/mol. The molecule has 0 rings (SSSR count). The second kappa shape index (κ2) is 16.0. The Morgan fingerprint density at radius 1 is 1.30 bits per heavy atom. The molecule has 3 heteroatoms. The summed E-state index contributed by atoms with van der Waals surface area (Å²) in [5.41, 5.74) is 5.26. The van der Waals surface area contributed by atoms with Crippen molar-refractivity contribution >= 4 is 0 Å². The maximum absolute atomic E-state index is 5.69. The molecule has 3 N–H and O–H groups in total. The summed E-state index contributed by atoms with van der Waals surface area (Å²) < 4.78 is 5.69. The van der Waals surface area contributed by atoms with E-state index in [0.717, 1.165) is 25.8 Å². The number of terminal acetylenes is 1. The fourth-order valence-corrected chi connectivity index (χ4v) is 0.548. The van der Waals surface area contributed by atoms with E-state index >= 15 is 0 Å². The quantitative estimate of drug-likeness (QED) is 0.495. The van der Waals surface area contributed by atoms with Crippen LogP contribution in [0.15, 0.2) is 0 Å². The zero-order valence-electron chi connectivity index (χ0n) is 6.14. The fraction of sp³-hybridized carbons (Fsp3) is 0.714. The first kappa shape index (κ1) is 12.6. The first-order valence-electron chi connectivity index (χ1n) is 3.27. The van der Waals surface area contributed by atoms with Crippen molar-refractivity contribution in [1.29, 1.82) is 4.21 Å². The van der Waals surface area contributed by atoms with Crippen LogP contribution in [0.25, 0.3) is 0 Å². The molecule has 0 aromatic rings. The van der Waals surface area contributed by atoms with Gasteiger partial charge < -0.3 is 5.73 Å². The summed E-state index contributed by atoms with van der Waals surface area (Å²) in [5.74, 6) is 2.59. The second-order valence-corrected chi connectivity index (χ2v) is 1.80. The van der Waals surface area contributed by atoms with Gasteiger partial charge in [-0.25, -0.2) is 0 Å². The minimum absolute atomic E-state index is 0.796. The normalized spacial score (nSPS) is 7.10. The van der Waals surface area contributed by atoms with Crippen molar-refractivity contribution in [1.82, 2.24) is 0 Å². The van der Waals surface area contributed by atoms with E-state index < -0.39 is 0 Å². The van der Waals surface area contributed by atoms with Crippen molar-refractivity contribution < 1.29 is 17.2 Å². The minimum atomic E-state index is 0.796. The van der Waals surface area contributed by atoms with Gasteiger partial charge in [0, 0.05) is 6.42 Å². The Hall–Kier alpha value is -0.0956. The van der Waals surface area contributed by atoms with Crippen LogP contribution in [0, 0.1) is 16.6 Å². The average molecular weight is 177 g/mol. The average Bonchev–Trinajstić information content (AvgIpc) is 2.02. The molecule has 2 nitrogen and oxygen atoms in total. The summed E-state index contributed by atoms with van der Waals surface area (Å²) in [6, 6.07) is 0. The number of hydrogen-bond acceptors (Lipinski definition) is 2. The van der Waals surface area contributed by atoms with E-state index in [-0.39, 0.29) is 0 Å². The first-order chi connectivity index (χ1) is 4.91. The molecule has 0 unspecified atom stereocenters. The van der Waals surface area contributed by atoms with Crippen molar-refractivity contribution in [3.05, 3.63) is 0 Å². The molecule has 57 valence electrons. The van der Waals surface area contributed by atoms with Gasteiger partial charge in [-0.05, 0) is 19.4 Å². The van der Waals surface area contributed by atoms with Crippen LogP contribution in [-0.4, -0.2) is 6.54 Å². The molecule has 0 bridgehead atoms. The summed E-state index contributed by atoms with van der Waals surface area (Å²) in [6.45, 7) is 0.796. The van der Waals surface area contributed by atoms with E-state index in [1.54, 1.807) is 17.2 Å². The molecule has 0 aromatic heterocycles. The second-order valence-electron chi connectivity index (χ2n) is 1.80. The summed E-state index contributed by atoms with van der Waals surface area (Å²) in [5, 5.41) is 0. The standard InChI is InChI=1S/C7H13N.HN.V/c1-2-3-4-5-6-7-8;;/h1H,3-8H2;1H;. The molecule has 0 aliphatic heterocycles. The molecule has 0 heterocycles. The Bertz CT molecular complexity index is 88.1. The molecule has 0 saturated carbocycles. The summed E-state index contributed by atoms with van der Waals surface area (Å²) in [4.78, 5) is 0. The number of nitrogens with one attached hydrogen (secondary N) is 1. The van der Waals surface area contributed by atoms with E-state index in [2.05, 4.69) is 5.92 Å². The monoisotopic (exact) mass is 177 g/mol. The van der Waals surface area contributed by atoms with Gasteiger partial charge in [0.1, 0.15) is 0 Å². The number of unbranched alkanes of at least 4 members (excludes halogenated alkanes) is 3. The molecule has 0 fully saturated rings. The predicted molar refractivity (Wildman–Crippen MR) is 39.1 cm³/mol. The molecule has 0 atom stereocenters. The van der Waals surface area contributed by atoms with Gasteiger partial charge >= 0.3 is 21.4 Å². The van der Waals surface area contributed by atoms with Crippen LogP contribution in [0.3, 0.4) is 0 Å². The summed E-state index contributed by atoms with van der Waals surface area (Å²) in [6.07, 6.45) is 9.36. The molecule has 0 saturated heterocycles. The van der Waals surface area contributed by atoms with Crippen LogP contribution in [0.5, 0.6) is 0 Å². The first-order valence-corrected chi connectivity index (χ1v) is 3.97. The van der Waals surface area contributed by atoms with Crippen molar-refractivity contribution in [3.8, 4) is 12.3 Å². The molecule has 0 radical (unpaired) electrons. The van der Waals surface area contributed by atoms with Gasteiger partial charge in [-0.15, -0.1) is 12.3 Å². The Morgan fingerprint density at radius 3 is 2.30 bits per heavy atom. The molecule has 0 aromatic carbocycles. The van der Waals surface area contributed by atoms with Crippen LogP contribution >= 0.6 is 0 Å². The van der Waals surface area contributed by atoms with Crippen molar-refractivity contribution in [3.63, 3.8) is 0 Å².